The molecule has 1 aromatic heterocycles. The molecule has 13 heavy (non-hydrogen) atoms. The summed E-state index contributed by atoms with van der Waals surface area (Å²) >= 11 is 0. The van der Waals surface area contributed by atoms with Gasteiger partial charge in [-0.25, -0.2) is 0 Å². The first-order valence-corrected chi connectivity index (χ1v) is 4.14. The van der Waals surface area contributed by atoms with Crippen LogP contribution in [-0.4, -0.2) is 21.3 Å². The maximum Gasteiger partial charge on any atom is 0.0704 e. The van der Waals surface area contributed by atoms with Crippen molar-refractivity contribution in [3.05, 3.63) is 29.6 Å². The Morgan fingerprint density at radius 3 is 2.85 bits per heavy atom. The molecule has 0 aromatic carbocycles. The number of nitrogens with zero attached hydrogens (tertiary/aromatic N) is 1. The van der Waals surface area contributed by atoms with Gasteiger partial charge in [-0.3, -0.25) is 4.98 Å². The molecular formula is C9H14N2O2. The van der Waals surface area contributed by atoms with Crippen LogP contribution in [0.2, 0.25) is 0 Å². The number of aliphatic hydroxyl groups excluding tert-OH is 2. The van der Waals surface area contributed by atoms with Crippen LogP contribution >= 0.6 is 0 Å². The van der Waals surface area contributed by atoms with Gasteiger partial charge in [-0.2, -0.15) is 0 Å². The largest absolute Gasteiger partial charge is 0.392 e. The molecule has 1 rings (SSSR count). The van der Waals surface area contributed by atoms with Crippen molar-refractivity contribution < 1.29 is 10.2 Å². The minimum absolute atomic E-state index is 0.108. The van der Waals surface area contributed by atoms with Crippen molar-refractivity contribution in [2.45, 2.75) is 25.7 Å². The van der Waals surface area contributed by atoms with Gasteiger partial charge in [0.1, 0.15) is 0 Å². The fraction of sp³-hybridized carbons (Fsp3) is 0.444. The van der Waals surface area contributed by atoms with Crippen LogP contribution in [-0.2, 0) is 6.61 Å². The van der Waals surface area contributed by atoms with Gasteiger partial charge in [0.15, 0.2) is 0 Å². The van der Waals surface area contributed by atoms with Crippen molar-refractivity contribution in [1.82, 2.24) is 4.98 Å². The monoisotopic (exact) mass is 182 g/mol. The molecule has 4 nitrogen and oxygen atoms in total. The van der Waals surface area contributed by atoms with Crippen LogP contribution in [0.1, 0.15) is 24.1 Å². The fourth-order valence-corrected chi connectivity index (χ4v) is 1.16. The third-order valence-electron chi connectivity index (χ3n) is 1.99. The number of hydrogen-bond donors (Lipinski definition) is 3. The summed E-state index contributed by atoms with van der Waals surface area (Å²) in [5.41, 5.74) is 7.13. The summed E-state index contributed by atoms with van der Waals surface area (Å²) in [6.45, 7) is 1.51. The van der Waals surface area contributed by atoms with E-state index in [9.17, 15) is 5.11 Å². The molecule has 0 amide bonds. The topological polar surface area (TPSA) is 79.4 Å². The number of hydrogen-bond acceptors (Lipinski definition) is 4. The van der Waals surface area contributed by atoms with Crippen LogP contribution in [0.25, 0.3) is 0 Å². The second kappa shape index (κ2) is 4.32. The van der Waals surface area contributed by atoms with Gasteiger partial charge >= 0.3 is 0 Å². The first kappa shape index (κ1) is 10.1. The van der Waals surface area contributed by atoms with Gasteiger partial charge in [-0.1, -0.05) is 0 Å². The summed E-state index contributed by atoms with van der Waals surface area (Å²) in [6.07, 6.45) is 2.52. The van der Waals surface area contributed by atoms with Crippen LogP contribution in [0.4, 0.5) is 0 Å². The van der Waals surface area contributed by atoms with Crippen LogP contribution in [0.3, 0.4) is 0 Å². The predicted octanol–water partition coefficient (Wildman–Crippen LogP) is -0.0455. The minimum Gasteiger partial charge on any atom is -0.392 e. The molecule has 0 bridgehead atoms. The molecule has 1 aromatic rings. The molecule has 72 valence electrons. The van der Waals surface area contributed by atoms with Crippen molar-refractivity contribution in [3.63, 3.8) is 0 Å². The van der Waals surface area contributed by atoms with E-state index >= 15 is 0 Å². The van der Waals surface area contributed by atoms with E-state index < -0.39 is 12.1 Å². The highest BCUT2D eigenvalue weighted by molar-refractivity contribution is 5.26. The molecular weight excluding hydrogens is 168 g/mol. The van der Waals surface area contributed by atoms with Crippen molar-refractivity contribution in [1.29, 1.82) is 0 Å². The average Bonchev–Trinajstić information content (AvgIpc) is 2.16. The molecule has 0 saturated heterocycles. The lowest BCUT2D eigenvalue weighted by molar-refractivity contribution is 0.162. The minimum atomic E-state index is -0.632. The highest BCUT2D eigenvalue weighted by Gasteiger charge is 2.14. The van der Waals surface area contributed by atoms with Gasteiger partial charge in [0.25, 0.3) is 0 Å². The van der Waals surface area contributed by atoms with E-state index in [1.807, 2.05) is 0 Å². The SMILES string of the molecule is C[C@@H](O)[C@H](N)c1ccncc1CO. The maximum absolute atomic E-state index is 9.27. The van der Waals surface area contributed by atoms with Crippen molar-refractivity contribution in [3.8, 4) is 0 Å². The van der Waals surface area contributed by atoms with Gasteiger partial charge in [0.05, 0.1) is 18.8 Å². The third-order valence-corrected chi connectivity index (χ3v) is 1.99. The summed E-state index contributed by atoms with van der Waals surface area (Å²) in [5, 5.41) is 18.2. The lowest BCUT2D eigenvalue weighted by atomic mass is 10.0. The molecule has 4 heteroatoms. The molecule has 0 aliphatic rings. The molecule has 0 spiro atoms. The van der Waals surface area contributed by atoms with E-state index in [0.717, 1.165) is 5.56 Å². The van der Waals surface area contributed by atoms with Crippen molar-refractivity contribution >= 4 is 0 Å². The van der Waals surface area contributed by atoms with E-state index in [-0.39, 0.29) is 6.61 Å². The maximum atomic E-state index is 9.27. The fourth-order valence-electron chi connectivity index (χ4n) is 1.16. The molecule has 0 fully saturated rings. The third kappa shape index (κ3) is 2.24. The number of aromatic nitrogens is 1. The number of aliphatic hydroxyl groups is 2. The molecule has 0 unspecified atom stereocenters. The first-order chi connectivity index (χ1) is 6.16. The van der Waals surface area contributed by atoms with E-state index in [4.69, 9.17) is 10.8 Å². The van der Waals surface area contributed by atoms with Gasteiger partial charge in [-0.15, -0.1) is 0 Å². The Morgan fingerprint density at radius 2 is 2.31 bits per heavy atom. The Labute approximate surface area is 77.0 Å². The number of pyridine rings is 1. The normalized spacial score (nSPS) is 15.4. The smallest absolute Gasteiger partial charge is 0.0704 e. The summed E-state index contributed by atoms with van der Waals surface area (Å²) in [5.74, 6) is 0. The molecule has 0 aliphatic heterocycles. The summed E-state index contributed by atoms with van der Waals surface area (Å²) in [6, 6.07) is 1.24. The quantitative estimate of drug-likeness (QED) is 0.612. The Hall–Kier alpha value is -0.970. The van der Waals surface area contributed by atoms with Crippen LogP contribution in [0, 0.1) is 0 Å². The molecule has 0 saturated carbocycles. The molecule has 1 heterocycles. The van der Waals surface area contributed by atoms with Gasteiger partial charge < -0.3 is 15.9 Å². The molecule has 0 radical (unpaired) electrons. The molecule has 0 aliphatic carbocycles. The average molecular weight is 182 g/mol. The summed E-state index contributed by atoms with van der Waals surface area (Å²) in [4.78, 5) is 3.86. The highest BCUT2D eigenvalue weighted by atomic mass is 16.3. The van der Waals surface area contributed by atoms with Gasteiger partial charge in [-0.05, 0) is 18.6 Å². The van der Waals surface area contributed by atoms with Crippen molar-refractivity contribution in [2.75, 3.05) is 0 Å². The second-order valence-electron chi connectivity index (χ2n) is 3.00. The Bertz CT molecular complexity index is 276. The predicted molar refractivity (Wildman–Crippen MR) is 48.8 cm³/mol. The standard InChI is InChI=1S/C9H14N2O2/c1-6(13)9(10)8-2-3-11-4-7(8)5-12/h2-4,6,9,12-13H,5,10H2,1H3/t6-,9+/m1/s1. The summed E-state index contributed by atoms with van der Waals surface area (Å²) < 4.78 is 0. The van der Waals surface area contributed by atoms with Gasteiger partial charge in [0, 0.05) is 18.0 Å². The Balaban J connectivity index is 2.98. The number of nitrogens with two attached hydrogens (primary N) is 1. The van der Waals surface area contributed by atoms with E-state index in [2.05, 4.69) is 4.98 Å². The Kier molecular flexibility index (Phi) is 3.36. The van der Waals surface area contributed by atoms with Crippen LogP contribution < -0.4 is 5.73 Å². The van der Waals surface area contributed by atoms with Gasteiger partial charge in [0.2, 0.25) is 0 Å². The zero-order valence-corrected chi connectivity index (χ0v) is 7.51. The Morgan fingerprint density at radius 1 is 1.62 bits per heavy atom. The summed E-state index contributed by atoms with van der Waals surface area (Å²) in [7, 11) is 0. The van der Waals surface area contributed by atoms with E-state index in [1.165, 1.54) is 0 Å². The van der Waals surface area contributed by atoms with E-state index in [0.29, 0.717) is 5.56 Å². The lowest BCUT2D eigenvalue weighted by Crippen LogP contribution is -2.24. The van der Waals surface area contributed by atoms with Crippen molar-refractivity contribution in [2.24, 2.45) is 5.73 Å². The zero-order chi connectivity index (χ0) is 9.84. The van der Waals surface area contributed by atoms with Crippen LogP contribution in [0.15, 0.2) is 18.5 Å². The molecule has 2 atom stereocenters. The molecule has 4 N–H and O–H groups in total. The zero-order valence-electron chi connectivity index (χ0n) is 7.51. The number of rotatable bonds is 3. The highest BCUT2D eigenvalue weighted by Crippen LogP contribution is 2.17. The second-order valence-corrected chi connectivity index (χ2v) is 3.00. The lowest BCUT2D eigenvalue weighted by Gasteiger charge is -2.17. The van der Waals surface area contributed by atoms with Crippen LogP contribution in [0.5, 0.6) is 0 Å². The first-order valence-electron chi connectivity index (χ1n) is 4.14. The van der Waals surface area contributed by atoms with E-state index in [1.54, 1.807) is 25.4 Å².